The molecule has 5 rings (SSSR count). The van der Waals surface area contributed by atoms with Crippen LogP contribution >= 0.6 is 23.2 Å². The summed E-state index contributed by atoms with van der Waals surface area (Å²) in [7, 11) is 0. The number of Topliss-reactive ketones (excluding diaryl/α,β-unsaturated/α-hetero) is 1. The molecule has 9 heteroatoms. The van der Waals surface area contributed by atoms with Crippen LogP contribution in [0.15, 0.2) is 42.5 Å². The van der Waals surface area contributed by atoms with Crippen LogP contribution in [0.3, 0.4) is 0 Å². The highest BCUT2D eigenvalue weighted by atomic mass is 35.5. The minimum Gasteiger partial charge on any atom is -0.462 e. The van der Waals surface area contributed by atoms with E-state index in [4.69, 9.17) is 37.4 Å². The molecule has 2 bridgehead atoms. The number of carbonyl (C=O) groups excluding carboxylic acids is 4. The maximum Gasteiger partial charge on any atom is 0.343 e. The number of halogens is 2. The molecule has 1 heterocycles. The van der Waals surface area contributed by atoms with E-state index in [1.54, 1.807) is 0 Å². The molecule has 0 aromatic heterocycles. The maximum atomic E-state index is 12.6. The third kappa shape index (κ3) is 4.00. The van der Waals surface area contributed by atoms with E-state index in [0.29, 0.717) is 17.0 Å². The molecule has 33 heavy (non-hydrogen) atoms. The Labute approximate surface area is 198 Å². The fourth-order valence-electron chi connectivity index (χ4n) is 5.14. The monoisotopic (exact) mass is 488 g/mol. The van der Waals surface area contributed by atoms with E-state index in [-0.39, 0.29) is 40.2 Å². The molecule has 3 fully saturated rings. The lowest BCUT2D eigenvalue weighted by atomic mass is 9.80. The molecule has 5 atom stereocenters. The minimum atomic E-state index is -0.625. The highest BCUT2D eigenvalue weighted by molar-refractivity contribution is 6.42. The van der Waals surface area contributed by atoms with Gasteiger partial charge in [0, 0.05) is 11.5 Å². The summed E-state index contributed by atoms with van der Waals surface area (Å²) in [6.07, 6.45) is 1.41. The third-order valence-electron chi connectivity index (χ3n) is 6.64. The lowest BCUT2D eigenvalue weighted by Gasteiger charge is -2.22. The predicted molar refractivity (Wildman–Crippen MR) is 116 cm³/mol. The van der Waals surface area contributed by atoms with Gasteiger partial charge in [0.1, 0.15) is 11.9 Å². The van der Waals surface area contributed by atoms with Gasteiger partial charge in [-0.25, -0.2) is 4.79 Å². The number of ketones is 1. The molecule has 3 aliphatic rings. The number of carbonyl (C=O) groups is 4. The summed E-state index contributed by atoms with van der Waals surface area (Å²) < 4.78 is 15.9. The first-order valence-electron chi connectivity index (χ1n) is 10.5. The molecule has 0 unspecified atom stereocenters. The van der Waals surface area contributed by atoms with E-state index in [1.807, 2.05) is 0 Å². The lowest BCUT2D eigenvalue weighted by molar-refractivity contribution is -0.154. The van der Waals surface area contributed by atoms with Crippen molar-refractivity contribution in [2.45, 2.75) is 18.9 Å². The Morgan fingerprint density at radius 3 is 2.42 bits per heavy atom. The molecule has 2 aromatic rings. The summed E-state index contributed by atoms with van der Waals surface area (Å²) >= 11 is 11.8. The predicted octanol–water partition coefficient (Wildman–Crippen LogP) is 4.14. The molecule has 2 saturated carbocycles. The SMILES string of the molecule is O=C(COC(=O)[C@@H]1[C@@H]2C[C@@H]3[C@@H]1C(=O)O[C@H]3C2)c1ccc(OC(=O)c2ccc(Cl)c(Cl)c2)cc1. The highest BCUT2D eigenvalue weighted by Crippen LogP contribution is 2.57. The summed E-state index contributed by atoms with van der Waals surface area (Å²) in [5.41, 5.74) is 0.528. The van der Waals surface area contributed by atoms with Crippen molar-refractivity contribution in [1.82, 2.24) is 0 Å². The van der Waals surface area contributed by atoms with E-state index in [0.717, 1.165) is 6.42 Å². The number of ether oxygens (including phenoxy) is 3. The van der Waals surface area contributed by atoms with Crippen LogP contribution in [0.1, 0.15) is 33.6 Å². The van der Waals surface area contributed by atoms with Crippen LogP contribution in [0.25, 0.3) is 0 Å². The average molecular weight is 489 g/mol. The molecule has 0 amide bonds. The molecule has 2 aliphatic carbocycles. The van der Waals surface area contributed by atoms with Crippen LogP contribution in [0, 0.1) is 23.7 Å². The first kappa shape index (κ1) is 21.9. The van der Waals surface area contributed by atoms with Gasteiger partial charge in [0.25, 0.3) is 0 Å². The number of esters is 3. The average Bonchev–Trinajstić information content (AvgIpc) is 3.42. The normalized spacial score (nSPS) is 26.7. The van der Waals surface area contributed by atoms with E-state index in [1.165, 1.54) is 42.5 Å². The van der Waals surface area contributed by atoms with Crippen molar-refractivity contribution in [2.24, 2.45) is 23.7 Å². The third-order valence-corrected chi connectivity index (χ3v) is 7.38. The Bertz CT molecular complexity index is 1160. The largest absolute Gasteiger partial charge is 0.462 e. The van der Waals surface area contributed by atoms with E-state index < -0.39 is 36.2 Å². The van der Waals surface area contributed by atoms with Gasteiger partial charge in [-0.1, -0.05) is 23.2 Å². The molecule has 2 aromatic carbocycles. The van der Waals surface area contributed by atoms with E-state index >= 15 is 0 Å². The van der Waals surface area contributed by atoms with Crippen molar-refractivity contribution in [1.29, 1.82) is 0 Å². The fourth-order valence-corrected chi connectivity index (χ4v) is 5.44. The van der Waals surface area contributed by atoms with Gasteiger partial charge in [0.2, 0.25) is 0 Å². The second-order valence-corrected chi connectivity index (χ2v) is 9.31. The smallest absolute Gasteiger partial charge is 0.343 e. The summed E-state index contributed by atoms with van der Waals surface area (Å²) in [5, 5.41) is 0.557. The van der Waals surface area contributed by atoms with Gasteiger partial charge in [-0.05, 0) is 61.2 Å². The zero-order chi connectivity index (χ0) is 23.3. The van der Waals surface area contributed by atoms with Gasteiger partial charge in [0.05, 0.1) is 27.4 Å². The molecule has 0 radical (unpaired) electrons. The lowest BCUT2D eigenvalue weighted by Crippen LogP contribution is -2.34. The van der Waals surface area contributed by atoms with Crippen LogP contribution in [-0.2, 0) is 19.1 Å². The topological polar surface area (TPSA) is 96.0 Å². The Kier molecular flexibility index (Phi) is 5.62. The van der Waals surface area contributed by atoms with Crippen LogP contribution in [0.2, 0.25) is 10.0 Å². The molecule has 170 valence electrons. The van der Waals surface area contributed by atoms with Crippen LogP contribution < -0.4 is 4.74 Å². The van der Waals surface area contributed by atoms with E-state index in [2.05, 4.69) is 0 Å². The van der Waals surface area contributed by atoms with E-state index in [9.17, 15) is 19.2 Å². The van der Waals surface area contributed by atoms with Crippen molar-refractivity contribution in [3.8, 4) is 5.75 Å². The summed E-state index contributed by atoms with van der Waals surface area (Å²) in [4.78, 5) is 49.4. The summed E-state index contributed by atoms with van der Waals surface area (Å²) in [6.45, 7) is -0.430. The summed E-state index contributed by atoms with van der Waals surface area (Å²) in [5.74, 6) is -2.46. The maximum absolute atomic E-state index is 12.6. The fraction of sp³-hybridized carbons (Fsp3) is 0.333. The number of hydrogen-bond acceptors (Lipinski definition) is 7. The van der Waals surface area contributed by atoms with Crippen LogP contribution in [0.4, 0.5) is 0 Å². The van der Waals surface area contributed by atoms with Gasteiger partial charge in [-0.2, -0.15) is 0 Å². The van der Waals surface area contributed by atoms with Crippen molar-refractivity contribution in [3.05, 3.63) is 63.6 Å². The van der Waals surface area contributed by atoms with Gasteiger partial charge in [0.15, 0.2) is 12.4 Å². The van der Waals surface area contributed by atoms with Gasteiger partial charge in [-0.3, -0.25) is 14.4 Å². The van der Waals surface area contributed by atoms with Crippen molar-refractivity contribution in [3.63, 3.8) is 0 Å². The number of rotatable bonds is 6. The molecule has 0 spiro atoms. The molecule has 1 saturated heterocycles. The number of benzene rings is 2. The first-order chi connectivity index (χ1) is 15.8. The summed E-state index contributed by atoms with van der Waals surface area (Å²) in [6, 6.07) is 10.3. The quantitative estimate of drug-likeness (QED) is 0.342. The standard InChI is InChI=1S/C24H18Cl2O7/c25-16-6-3-12(8-17(16)26)22(28)32-14-4-1-11(2-5-14)18(27)10-31-23(29)20-13-7-15-19(9-13)33-24(30)21(15)20/h1-6,8,13,15,19-21H,7,9-10H2/t13-,15+,19+,20-,21+/m1/s1. The zero-order valence-electron chi connectivity index (χ0n) is 17.2. The number of fused-ring (bicyclic) bond motifs is 1. The highest BCUT2D eigenvalue weighted by Gasteiger charge is 2.64. The first-order valence-corrected chi connectivity index (χ1v) is 11.2. The van der Waals surface area contributed by atoms with Gasteiger partial charge >= 0.3 is 17.9 Å². The Balaban J connectivity index is 1.16. The van der Waals surface area contributed by atoms with Crippen LogP contribution in [0.5, 0.6) is 5.75 Å². The molecule has 0 N–H and O–H groups in total. The van der Waals surface area contributed by atoms with Gasteiger partial charge < -0.3 is 14.2 Å². The molecular formula is C24H18Cl2O7. The molecule has 7 nitrogen and oxygen atoms in total. The van der Waals surface area contributed by atoms with Crippen molar-refractivity contribution < 1.29 is 33.4 Å². The van der Waals surface area contributed by atoms with Crippen molar-refractivity contribution in [2.75, 3.05) is 6.61 Å². The minimum absolute atomic E-state index is 0.0672. The van der Waals surface area contributed by atoms with Gasteiger partial charge in [-0.15, -0.1) is 0 Å². The number of hydrogen-bond donors (Lipinski definition) is 0. The second kappa shape index (κ2) is 8.47. The Hall–Kier alpha value is -2.90. The Morgan fingerprint density at radius 2 is 1.70 bits per heavy atom. The molecule has 1 aliphatic heterocycles. The second-order valence-electron chi connectivity index (χ2n) is 8.50. The van der Waals surface area contributed by atoms with Crippen LogP contribution in [-0.4, -0.2) is 36.4 Å². The van der Waals surface area contributed by atoms with Crippen molar-refractivity contribution >= 4 is 46.9 Å². The Morgan fingerprint density at radius 1 is 0.970 bits per heavy atom. The zero-order valence-corrected chi connectivity index (χ0v) is 18.7. The molecular weight excluding hydrogens is 471 g/mol.